The number of pyridine rings is 1. The maximum atomic E-state index is 12.8. The molecule has 0 saturated carbocycles. The van der Waals surface area contributed by atoms with Crippen molar-refractivity contribution in [1.82, 2.24) is 10.3 Å². The minimum Gasteiger partial charge on any atom is -0.469 e. The molecule has 4 aromatic rings. The molecule has 134 valence electrons. The van der Waals surface area contributed by atoms with Crippen molar-refractivity contribution in [1.29, 1.82) is 0 Å². The number of rotatable bonds is 5. The Balaban J connectivity index is 1.67. The monoisotopic (exact) mass is 356 g/mol. The van der Waals surface area contributed by atoms with Gasteiger partial charge in [0.05, 0.1) is 17.3 Å². The van der Waals surface area contributed by atoms with Gasteiger partial charge in [0.1, 0.15) is 5.76 Å². The van der Waals surface area contributed by atoms with Crippen LogP contribution in [0.25, 0.3) is 22.0 Å². The summed E-state index contributed by atoms with van der Waals surface area (Å²) in [6, 6.07) is 21.7. The first-order valence-electron chi connectivity index (χ1n) is 8.99. The molecule has 0 aliphatic rings. The highest BCUT2D eigenvalue weighted by Crippen LogP contribution is 2.29. The third kappa shape index (κ3) is 3.60. The van der Waals surface area contributed by atoms with Gasteiger partial charge in [0.2, 0.25) is 0 Å². The molecule has 0 unspecified atom stereocenters. The minimum absolute atomic E-state index is 0.0951. The van der Waals surface area contributed by atoms with Gasteiger partial charge < -0.3 is 9.73 Å². The van der Waals surface area contributed by atoms with Gasteiger partial charge in [-0.25, -0.2) is 0 Å². The second-order valence-corrected chi connectivity index (χ2v) is 6.46. The van der Waals surface area contributed by atoms with Crippen LogP contribution in [0.5, 0.6) is 0 Å². The molecule has 27 heavy (non-hydrogen) atoms. The zero-order chi connectivity index (χ0) is 18.6. The van der Waals surface area contributed by atoms with Gasteiger partial charge in [-0.3, -0.25) is 9.78 Å². The molecule has 1 N–H and O–H groups in total. The van der Waals surface area contributed by atoms with Gasteiger partial charge in [0.25, 0.3) is 5.91 Å². The van der Waals surface area contributed by atoms with E-state index in [1.807, 2.05) is 61.5 Å². The Labute approximate surface area is 157 Å². The molecule has 0 fully saturated rings. The Morgan fingerprint density at radius 1 is 1.04 bits per heavy atom. The number of carbonyl (C=O) groups excluding carboxylic acids is 1. The number of carbonyl (C=O) groups is 1. The van der Waals surface area contributed by atoms with E-state index in [0.717, 1.165) is 33.5 Å². The van der Waals surface area contributed by atoms with Crippen LogP contribution in [0.3, 0.4) is 0 Å². The van der Waals surface area contributed by atoms with Crippen LogP contribution in [-0.2, 0) is 6.42 Å². The third-order valence-corrected chi connectivity index (χ3v) is 4.53. The van der Waals surface area contributed by atoms with E-state index in [9.17, 15) is 4.79 Å². The first kappa shape index (κ1) is 17.0. The highest BCUT2D eigenvalue weighted by atomic mass is 16.3. The SMILES string of the molecule is Cc1cc(C(=O)NCCc2ccco2)c2cccc(-c3ccccc3)c2n1. The van der Waals surface area contributed by atoms with Gasteiger partial charge in [0, 0.05) is 29.6 Å². The van der Waals surface area contributed by atoms with Gasteiger partial charge in [0.15, 0.2) is 0 Å². The number of nitrogens with zero attached hydrogens (tertiary/aromatic N) is 1. The highest BCUT2D eigenvalue weighted by Gasteiger charge is 2.14. The lowest BCUT2D eigenvalue weighted by molar-refractivity contribution is 0.0955. The summed E-state index contributed by atoms with van der Waals surface area (Å²) in [6.45, 7) is 2.44. The summed E-state index contributed by atoms with van der Waals surface area (Å²) in [5.41, 5.74) is 4.43. The zero-order valence-electron chi connectivity index (χ0n) is 15.1. The van der Waals surface area contributed by atoms with E-state index >= 15 is 0 Å². The van der Waals surface area contributed by atoms with E-state index in [1.54, 1.807) is 6.26 Å². The molecule has 2 heterocycles. The van der Waals surface area contributed by atoms with E-state index in [-0.39, 0.29) is 5.91 Å². The zero-order valence-corrected chi connectivity index (χ0v) is 15.1. The molecule has 0 spiro atoms. The summed E-state index contributed by atoms with van der Waals surface area (Å²) in [6.07, 6.45) is 2.30. The van der Waals surface area contributed by atoms with Crippen molar-refractivity contribution in [3.63, 3.8) is 0 Å². The van der Waals surface area contributed by atoms with Crippen LogP contribution < -0.4 is 5.32 Å². The van der Waals surface area contributed by atoms with Crippen molar-refractivity contribution in [3.05, 3.63) is 90.0 Å². The second kappa shape index (κ2) is 7.46. The molecule has 2 aromatic carbocycles. The number of amides is 1. The Hall–Kier alpha value is -3.40. The van der Waals surface area contributed by atoms with Crippen molar-refractivity contribution in [3.8, 4) is 11.1 Å². The van der Waals surface area contributed by atoms with Crippen LogP contribution in [0.4, 0.5) is 0 Å². The molecule has 0 radical (unpaired) electrons. The summed E-state index contributed by atoms with van der Waals surface area (Å²) in [5.74, 6) is 0.764. The summed E-state index contributed by atoms with van der Waals surface area (Å²) < 4.78 is 5.31. The van der Waals surface area contributed by atoms with Gasteiger partial charge in [-0.05, 0) is 30.7 Å². The summed E-state index contributed by atoms with van der Waals surface area (Å²) in [4.78, 5) is 17.5. The van der Waals surface area contributed by atoms with E-state index in [1.165, 1.54) is 0 Å². The molecule has 4 rings (SSSR count). The number of aryl methyl sites for hydroxylation is 1. The third-order valence-electron chi connectivity index (χ3n) is 4.53. The number of benzene rings is 2. The maximum Gasteiger partial charge on any atom is 0.252 e. The topological polar surface area (TPSA) is 55.1 Å². The lowest BCUT2D eigenvalue weighted by Crippen LogP contribution is -2.26. The molecule has 0 aliphatic carbocycles. The van der Waals surface area contributed by atoms with Crippen molar-refractivity contribution < 1.29 is 9.21 Å². The Morgan fingerprint density at radius 3 is 2.67 bits per heavy atom. The second-order valence-electron chi connectivity index (χ2n) is 6.46. The molecular formula is C23H20N2O2. The fourth-order valence-electron chi connectivity index (χ4n) is 3.26. The molecule has 0 aliphatic heterocycles. The normalized spacial score (nSPS) is 10.9. The number of nitrogens with one attached hydrogen (secondary N) is 1. The van der Waals surface area contributed by atoms with E-state index in [0.29, 0.717) is 18.5 Å². The first-order valence-corrected chi connectivity index (χ1v) is 8.99. The molecule has 0 bridgehead atoms. The van der Waals surface area contributed by atoms with Gasteiger partial charge in [-0.2, -0.15) is 0 Å². The summed E-state index contributed by atoms with van der Waals surface area (Å²) in [7, 11) is 0. The van der Waals surface area contributed by atoms with E-state index in [2.05, 4.69) is 17.4 Å². The molecule has 0 saturated heterocycles. The average Bonchev–Trinajstić information content (AvgIpc) is 3.21. The van der Waals surface area contributed by atoms with Gasteiger partial charge in [-0.15, -0.1) is 0 Å². The average molecular weight is 356 g/mol. The number of furan rings is 1. The minimum atomic E-state index is -0.0951. The molecule has 4 nitrogen and oxygen atoms in total. The van der Waals surface area contributed by atoms with Crippen molar-refractivity contribution >= 4 is 16.8 Å². The Kier molecular flexibility index (Phi) is 4.71. The Bertz CT molecular complexity index is 1070. The largest absolute Gasteiger partial charge is 0.469 e. The van der Waals surface area contributed by atoms with Crippen LogP contribution >= 0.6 is 0 Å². The fraction of sp³-hybridized carbons (Fsp3) is 0.130. The van der Waals surface area contributed by atoms with Crippen molar-refractivity contribution in [2.45, 2.75) is 13.3 Å². The summed E-state index contributed by atoms with van der Waals surface area (Å²) >= 11 is 0. The number of para-hydroxylation sites is 1. The quantitative estimate of drug-likeness (QED) is 0.560. The lowest BCUT2D eigenvalue weighted by Gasteiger charge is -2.12. The first-order chi connectivity index (χ1) is 13.2. The van der Waals surface area contributed by atoms with Crippen LogP contribution in [-0.4, -0.2) is 17.4 Å². The lowest BCUT2D eigenvalue weighted by atomic mass is 9.98. The van der Waals surface area contributed by atoms with Crippen LogP contribution in [0.1, 0.15) is 21.8 Å². The predicted octanol–water partition coefficient (Wildman–Crippen LogP) is 4.78. The van der Waals surface area contributed by atoms with Gasteiger partial charge >= 0.3 is 0 Å². The molecule has 1 amide bonds. The van der Waals surface area contributed by atoms with E-state index in [4.69, 9.17) is 9.40 Å². The van der Waals surface area contributed by atoms with Crippen LogP contribution in [0.2, 0.25) is 0 Å². The molecule has 0 atom stereocenters. The maximum absolute atomic E-state index is 12.8. The van der Waals surface area contributed by atoms with Crippen molar-refractivity contribution in [2.24, 2.45) is 0 Å². The van der Waals surface area contributed by atoms with Gasteiger partial charge in [-0.1, -0.05) is 48.5 Å². The fourth-order valence-corrected chi connectivity index (χ4v) is 3.26. The standard InChI is InChI=1S/C23H20N2O2/c1-16-15-21(23(26)24-13-12-18-9-6-14-27-18)20-11-5-10-19(22(20)25-16)17-7-3-2-4-8-17/h2-11,14-15H,12-13H2,1H3,(H,24,26). The number of aromatic nitrogens is 1. The summed E-state index contributed by atoms with van der Waals surface area (Å²) in [5, 5.41) is 3.85. The number of fused-ring (bicyclic) bond motifs is 1. The predicted molar refractivity (Wildman–Crippen MR) is 107 cm³/mol. The van der Waals surface area contributed by atoms with Crippen LogP contribution in [0, 0.1) is 6.92 Å². The molecular weight excluding hydrogens is 336 g/mol. The smallest absolute Gasteiger partial charge is 0.252 e. The number of hydrogen-bond donors (Lipinski definition) is 1. The molecule has 2 aromatic heterocycles. The number of hydrogen-bond acceptors (Lipinski definition) is 3. The van der Waals surface area contributed by atoms with E-state index < -0.39 is 0 Å². The van der Waals surface area contributed by atoms with Crippen molar-refractivity contribution in [2.75, 3.05) is 6.54 Å². The van der Waals surface area contributed by atoms with Crippen LogP contribution in [0.15, 0.2) is 77.4 Å². The molecule has 4 heteroatoms. The highest BCUT2D eigenvalue weighted by molar-refractivity contribution is 6.09. The Morgan fingerprint density at radius 2 is 1.89 bits per heavy atom.